The van der Waals surface area contributed by atoms with Gasteiger partial charge >= 0.3 is 0 Å². The maximum Gasteiger partial charge on any atom is 0.201 e. The maximum absolute atomic E-state index is 12.0. The zero-order chi connectivity index (χ0) is 9.02. The van der Waals surface area contributed by atoms with Crippen LogP contribution in [0.25, 0.3) is 0 Å². The second kappa shape index (κ2) is 4.61. The summed E-state index contributed by atoms with van der Waals surface area (Å²) >= 11 is 0. The predicted molar refractivity (Wildman–Crippen MR) is 35.4 cm³/mol. The summed E-state index contributed by atoms with van der Waals surface area (Å²) in [6.45, 7) is 0.576. The van der Waals surface area contributed by atoms with Gasteiger partial charge < -0.3 is 20.4 Å². The van der Waals surface area contributed by atoms with Gasteiger partial charge in [0.05, 0.1) is 12.7 Å². The first kappa shape index (κ1) is 10.8. The molecule has 0 saturated carbocycles. The van der Waals surface area contributed by atoms with Crippen LogP contribution in [0, 0.1) is 5.92 Å². The lowest BCUT2D eigenvalue weighted by molar-refractivity contribution is -0.103. The van der Waals surface area contributed by atoms with Crippen LogP contribution in [-0.4, -0.2) is 45.6 Å². The van der Waals surface area contributed by atoms with Crippen molar-refractivity contribution < 1.29 is 24.8 Å². The van der Waals surface area contributed by atoms with Crippen LogP contribution in [0.4, 0.5) is 4.39 Å². The standard InChI is InChI=1S/C6H13FO4/c1-3(6(7)11)5(10)4(9)2-8/h3-6,8-11H,2H2,1H3. The summed E-state index contributed by atoms with van der Waals surface area (Å²) in [5, 5.41) is 34.4. The van der Waals surface area contributed by atoms with E-state index in [9.17, 15) is 4.39 Å². The van der Waals surface area contributed by atoms with Crippen LogP contribution in [0.1, 0.15) is 6.92 Å². The molecule has 4 N–H and O–H groups in total. The lowest BCUT2D eigenvalue weighted by atomic mass is 10.0. The predicted octanol–water partition coefficient (Wildman–Crippen LogP) is -1.38. The molecule has 0 saturated heterocycles. The number of alkyl halides is 1. The van der Waals surface area contributed by atoms with Crippen LogP contribution in [-0.2, 0) is 0 Å². The van der Waals surface area contributed by atoms with Crippen molar-refractivity contribution in [3.05, 3.63) is 0 Å². The van der Waals surface area contributed by atoms with Gasteiger partial charge in [-0.1, -0.05) is 6.92 Å². The van der Waals surface area contributed by atoms with E-state index in [1.807, 2.05) is 0 Å². The molecule has 0 radical (unpaired) electrons. The Hall–Kier alpha value is -0.230. The quantitative estimate of drug-likeness (QED) is 0.417. The van der Waals surface area contributed by atoms with Crippen molar-refractivity contribution in [2.75, 3.05) is 6.61 Å². The molecule has 4 atom stereocenters. The maximum atomic E-state index is 12.0. The molecule has 0 aromatic heterocycles. The number of rotatable bonds is 4. The molecule has 0 aliphatic rings. The summed E-state index contributed by atoms with van der Waals surface area (Å²) in [6, 6.07) is 0. The minimum Gasteiger partial charge on any atom is -0.394 e. The van der Waals surface area contributed by atoms with Crippen LogP contribution in [0.2, 0.25) is 0 Å². The molecule has 0 aromatic rings. The highest BCUT2D eigenvalue weighted by molar-refractivity contribution is 4.73. The number of hydrogen-bond acceptors (Lipinski definition) is 4. The first-order chi connectivity index (χ1) is 5.00. The molecule has 0 aliphatic heterocycles. The molecular weight excluding hydrogens is 155 g/mol. The molecule has 4 unspecified atom stereocenters. The molecule has 0 rings (SSSR count). The molecule has 5 heteroatoms. The number of halogens is 1. The van der Waals surface area contributed by atoms with Crippen molar-refractivity contribution in [2.45, 2.75) is 25.5 Å². The molecule has 0 spiro atoms. The highest BCUT2D eigenvalue weighted by Crippen LogP contribution is 2.12. The van der Waals surface area contributed by atoms with Gasteiger partial charge in [-0.2, -0.15) is 0 Å². The highest BCUT2D eigenvalue weighted by atomic mass is 19.1. The van der Waals surface area contributed by atoms with Crippen LogP contribution >= 0.6 is 0 Å². The third-order valence-electron chi connectivity index (χ3n) is 1.55. The van der Waals surface area contributed by atoms with Gasteiger partial charge in [-0.05, 0) is 0 Å². The molecule has 0 fully saturated rings. The molecule has 11 heavy (non-hydrogen) atoms. The first-order valence-electron chi connectivity index (χ1n) is 3.29. The van der Waals surface area contributed by atoms with E-state index >= 15 is 0 Å². The van der Waals surface area contributed by atoms with Gasteiger partial charge in [0.1, 0.15) is 6.10 Å². The molecule has 0 heterocycles. The lowest BCUT2D eigenvalue weighted by Crippen LogP contribution is -2.38. The Morgan fingerprint density at radius 2 is 1.73 bits per heavy atom. The normalized spacial score (nSPS) is 22.4. The summed E-state index contributed by atoms with van der Waals surface area (Å²) in [7, 11) is 0. The van der Waals surface area contributed by atoms with Crippen LogP contribution < -0.4 is 0 Å². The Morgan fingerprint density at radius 1 is 1.27 bits per heavy atom. The van der Waals surface area contributed by atoms with Gasteiger partial charge in [-0.15, -0.1) is 0 Å². The third-order valence-corrected chi connectivity index (χ3v) is 1.55. The van der Waals surface area contributed by atoms with E-state index < -0.39 is 31.1 Å². The van der Waals surface area contributed by atoms with Crippen molar-refractivity contribution >= 4 is 0 Å². The van der Waals surface area contributed by atoms with Gasteiger partial charge in [0.15, 0.2) is 0 Å². The lowest BCUT2D eigenvalue weighted by Gasteiger charge is -2.22. The van der Waals surface area contributed by atoms with E-state index in [1.165, 1.54) is 6.92 Å². The van der Waals surface area contributed by atoms with Crippen molar-refractivity contribution in [3.8, 4) is 0 Å². The third kappa shape index (κ3) is 3.11. The van der Waals surface area contributed by atoms with E-state index in [0.29, 0.717) is 0 Å². The van der Waals surface area contributed by atoms with Crippen molar-refractivity contribution in [1.82, 2.24) is 0 Å². The molecule has 68 valence electrons. The Bertz CT molecular complexity index is 109. The summed E-state index contributed by atoms with van der Waals surface area (Å²) in [5.41, 5.74) is 0. The Labute approximate surface area is 63.9 Å². The molecular formula is C6H13FO4. The topological polar surface area (TPSA) is 80.9 Å². The zero-order valence-electron chi connectivity index (χ0n) is 6.18. The fourth-order valence-corrected chi connectivity index (χ4v) is 0.621. The van der Waals surface area contributed by atoms with Gasteiger partial charge in [-0.25, -0.2) is 4.39 Å². The molecule has 4 nitrogen and oxygen atoms in total. The SMILES string of the molecule is CC(C(O)F)C(O)C(O)CO. The second-order valence-electron chi connectivity index (χ2n) is 2.47. The van der Waals surface area contributed by atoms with Crippen molar-refractivity contribution in [2.24, 2.45) is 5.92 Å². The van der Waals surface area contributed by atoms with Gasteiger partial charge in [0.2, 0.25) is 6.36 Å². The Morgan fingerprint density at radius 3 is 2.00 bits per heavy atom. The number of aliphatic hydroxyl groups excluding tert-OH is 4. The summed E-state index contributed by atoms with van der Waals surface area (Å²) in [5.74, 6) is -1.10. The van der Waals surface area contributed by atoms with Gasteiger partial charge in [0.25, 0.3) is 0 Å². The summed E-state index contributed by atoms with van der Waals surface area (Å²) < 4.78 is 12.0. The second-order valence-corrected chi connectivity index (χ2v) is 2.47. The fraction of sp³-hybridized carbons (Fsp3) is 1.00. The first-order valence-corrected chi connectivity index (χ1v) is 3.29. The van der Waals surface area contributed by atoms with Crippen LogP contribution in [0.5, 0.6) is 0 Å². The van der Waals surface area contributed by atoms with Crippen LogP contribution in [0.3, 0.4) is 0 Å². The fourth-order valence-electron chi connectivity index (χ4n) is 0.621. The average Bonchev–Trinajstić information content (AvgIpc) is 2.00. The number of aliphatic hydroxyl groups is 4. The Kier molecular flexibility index (Phi) is 4.51. The Balaban J connectivity index is 3.90. The average molecular weight is 168 g/mol. The molecule has 0 amide bonds. The van der Waals surface area contributed by atoms with Crippen molar-refractivity contribution in [3.63, 3.8) is 0 Å². The summed E-state index contributed by atoms with van der Waals surface area (Å²) in [4.78, 5) is 0. The zero-order valence-corrected chi connectivity index (χ0v) is 6.18. The molecule has 0 aromatic carbocycles. The van der Waals surface area contributed by atoms with Gasteiger partial charge in [0, 0.05) is 5.92 Å². The van der Waals surface area contributed by atoms with E-state index in [1.54, 1.807) is 0 Å². The van der Waals surface area contributed by atoms with E-state index in [-0.39, 0.29) is 0 Å². The van der Waals surface area contributed by atoms with E-state index in [0.717, 1.165) is 0 Å². The monoisotopic (exact) mass is 168 g/mol. The number of hydrogen-bond donors (Lipinski definition) is 4. The molecule has 0 bridgehead atoms. The smallest absolute Gasteiger partial charge is 0.201 e. The summed E-state index contributed by atoms with van der Waals surface area (Å²) in [6.07, 6.45) is -5.04. The molecule has 0 aliphatic carbocycles. The minimum absolute atomic E-state index is 0.655. The highest BCUT2D eigenvalue weighted by Gasteiger charge is 2.27. The van der Waals surface area contributed by atoms with E-state index in [2.05, 4.69) is 0 Å². The van der Waals surface area contributed by atoms with Crippen LogP contribution in [0.15, 0.2) is 0 Å². The van der Waals surface area contributed by atoms with Gasteiger partial charge in [-0.3, -0.25) is 0 Å². The van der Waals surface area contributed by atoms with E-state index in [4.69, 9.17) is 20.4 Å². The minimum atomic E-state index is -2.19. The largest absolute Gasteiger partial charge is 0.394 e. The van der Waals surface area contributed by atoms with Crippen molar-refractivity contribution in [1.29, 1.82) is 0 Å².